The van der Waals surface area contributed by atoms with Crippen molar-refractivity contribution in [3.63, 3.8) is 0 Å². The Bertz CT molecular complexity index is 2340. The van der Waals surface area contributed by atoms with E-state index in [1.54, 1.807) is 0 Å². The summed E-state index contributed by atoms with van der Waals surface area (Å²) in [5.41, 5.74) is 14.1. The zero-order chi connectivity index (χ0) is 41.0. The summed E-state index contributed by atoms with van der Waals surface area (Å²) in [6.07, 6.45) is 13.7. The molecule has 0 N–H and O–H groups in total. The van der Waals surface area contributed by atoms with Crippen LogP contribution in [0.2, 0.25) is 5.02 Å². The van der Waals surface area contributed by atoms with Gasteiger partial charge in [-0.15, -0.1) is 0 Å². The van der Waals surface area contributed by atoms with Crippen molar-refractivity contribution in [3.05, 3.63) is 179 Å². The molecule has 7 aromatic carbocycles. The van der Waals surface area contributed by atoms with Gasteiger partial charge in [-0.25, -0.2) is 0 Å². The van der Waals surface area contributed by atoms with E-state index in [4.69, 9.17) is 11.6 Å². The minimum atomic E-state index is 0.701. The first kappa shape index (κ1) is 41.8. The van der Waals surface area contributed by atoms with E-state index in [9.17, 15) is 0 Å². The summed E-state index contributed by atoms with van der Waals surface area (Å²) >= 11 is 7.89. The Morgan fingerprint density at radius 1 is 0.373 bits per heavy atom. The summed E-state index contributed by atoms with van der Waals surface area (Å²) in [6.45, 7) is 9.04. The fourth-order valence-electron chi connectivity index (χ4n) is 8.17. The quantitative estimate of drug-likeness (QED) is 0.0804. The Balaban J connectivity index is 1.42. The normalized spacial score (nSPS) is 11.3. The maximum absolute atomic E-state index is 7.89. The molecule has 0 bridgehead atoms. The number of rotatable bonds is 19. The maximum Gasteiger partial charge on any atom is 0.0887 e. The molecule has 0 saturated carbocycles. The standard InChI is InChI=1S/C56H61ClN2/c1-5-9-16-42-24-33-49(34-25-42)58(50-35-26-43(27-36-50)17-10-6-2)54-22-15-23-55(56(54)57)59(51-37-28-44(29-38-51)18-11-7-3)53-39-30-45(19-12-8-4)40-52(53)48-32-31-46-20-13-14-21-47(46)41-48/h13-15,20-41H,5-12,16-19H2,1-4H3. The van der Waals surface area contributed by atoms with Crippen molar-refractivity contribution in [1.29, 1.82) is 0 Å². The van der Waals surface area contributed by atoms with Crippen LogP contribution in [0.4, 0.5) is 34.1 Å². The van der Waals surface area contributed by atoms with Crippen molar-refractivity contribution < 1.29 is 0 Å². The van der Waals surface area contributed by atoms with Gasteiger partial charge in [-0.05, 0) is 157 Å². The molecule has 7 rings (SSSR count). The third kappa shape index (κ3) is 10.1. The van der Waals surface area contributed by atoms with Crippen LogP contribution in [0.15, 0.2) is 152 Å². The van der Waals surface area contributed by atoms with E-state index in [1.165, 1.54) is 82.7 Å². The highest BCUT2D eigenvalue weighted by Crippen LogP contribution is 2.49. The third-order valence-electron chi connectivity index (χ3n) is 11.7. The van der Waals surface area contributed by atoms with Crippen LogP contribution in [-0.2, 0) is 25.7 Å². The van der Waals surface area contributed by atoms with Gasteiger partial charge in [-0.2, -0.15) is 0 Å². The third-order valence-corrected chi connectivity index (χ3v) is 12.0. The fraction of sp³-hybridized carbons (Fsp3) is 0.286. The summed E-state index contributed by atoms with van der Waals surface area (Å²) in [4.78, 5) is 4.73. The van der Waals surface area contributed by atoms with Crippen LogP contribution in [0.3, 0.4) is 0 Å². The Labute approximate surface area is 359 Å². The molecule has 0 unspecified atom stereocenters. The molecule has 0 aliphatic carbocycles. The monoisotopic (exact) mass is 796 g/mol. The minimum absolute atomic E-state index is 0.701. The van der Waals surface area contributed by atoms with Crippen LogP contribution < -0.4 is 9.80 Å². The Morgan fingerprint density at radius 3 is 1.32 bits per heavy atom. The van der Waals surface area contributed by atoms with Crippen molar-refractivity contribution in [1.82, 2.24) is 0 Å². The van der Waals surface area contributed by atoms with E-state index < -0.39 is 0 Å². The van der Waals surface area contributed by atoms with Crippen LogP contribution in [-0.4, -0.2) is 0 Å². The zero-order valence-corrected chi connectivity index (χ0v) is 36.4. The summed E-state index contributed by atoms with van der Waals surface area (Å²) in [6, 6.07) is 56.5. The van der Waals surface area contributed by atoms with Crippen LogP contribution in [0, 0.1) is 0 Å². The predicted molar refractivity (Wildman–Crippen MR) is 258 cm³/mol. The largest absolute Gasteiger partial charge is 0.309 e. The van der Waals surface area contributed by atoms with E-state index in [1.807, 2.05) is 0 Å². The summed E-state index contributed by atoms with van der Waals surface area (Å²) in [7, 11) is 0. The van der Waals surface area contributed by atoms with Crippen molar-refractivity contribution in [2.45, 2.75) is 105 Å². The van der Waals surface area contributed by atoms with Gasteiger partial charge in [0.05, 0.1) is 22.1 Å². The lowest BCUT2D eigenvalue weighted by Crippen LogP contribution is -2.15. The van der Waals surface area contributed by atoms with Gasteiger partial charge in [-0.1, -0.05) is 150 Å². The van der Waals surface area contributed by atoms with Crippen molar-refractivity contribution in [2.24, 2.45) is 0 Å². The van der Waals surface area contributed by atoms with E-state index >= 15 is 0 Å². The second-order valence-corrected chi connectivity index (χ2v) is 16.5. The average molecular weight is 798 g/mol. The lowest BCUT2D eigenvalue weighted by atomic mass is 9.95. The molecule has 0 radical (unpaired) electrons. The Hall–Kier alpha value is -5.31. The molecular weight excluding hydrogens is 736 g/mol. The lowest BCUT2D eigenvalue weighted by Gasteiger charge is -2.32. The first-order valence-electron chi connectivity index (χ1n) is 22.3. The highest BCUT2D eigenvalue weighted by molar-refractivity contribution is 6.36. The van der Waals surface area contributed by atoms with Crippen LogP contribution in [0.1, 0.15) is 101 Å². The maximum atomic E-state index is 7.89. The van der Waals surface area contributed by atoms with E-state index in [0.717, 1.165) is 72.6 Å². The van der Waals surface area contributed by atoms with Gasteiger partial charge >= 0.3 is 0 Å². The molecule has 0 amide bonds. The van der Waals surface area contributed by atoms with Crippen LogP contribution in [0.5, 0.6) is 0 Å². The first-order chi connectivity index (χ1) is 29.0. The van der Waals surface area contributed by atoms with Gasteiger partial charge in [0.25, 0.3) is 0 Å². The molecule has 0 heterocycles. The first-order valence-corrected chi connectivity index (χ1v) is 22.7. The van der Waals surface area contributed by atoms with Crippen molar-refractivity contribution >= 4 is 56.5 Å². The molecule has 0 spiro atoms. The van der Waals surface area contributed by atoms with Crippen molar-refractivity contribution in [3.8, 4) is 11.1 Å². The number of halogens is 1. The van der Waals surface area contributed by atoms with Gasteiger partial charge < -0.3 is 9.80 Å². The molecule has 0 aromatic heterocycles. The molecular formula is C56H61ClN2. The molecule has 3 heteroatoms. The number of anilines is 6. The summed E-state index contributed by atoms with van der Waals surface area (Å²) < 4.78 is 0. The molecule has 0 aliphatic heterocycles. The van der Waals surface area contributed by atoms with E-state index in [-0.39, 0.29) is 0 Å². The van der Waals surface area contributed by atoms with Crippen molar-refractivity contribution in [2.75, 3.05) is 9.80 Å². The van der Waals surface area contributed by atoms with Crippen LogP contribution >= 0.6 is 11.6 Å². The number of fused-ring (bicyclic) bond motifs is 1. The summed E-state index contributed by atoms with van der Waals surface area (Å²) in [5, 5.41) is 3.18. The highest BCUT2D eigenvalue weighted by Gasteiger charge is 2.24. The predicted octanol–water partition coefficient (Wildman–Crippen LogP) is 17.5. The van der Waals surface area contributed by atoms with Gasteiger partial charge in [0, 0.05) is 22.6 Å². The molecule has 0 saturated heterocycles. The minimum Gasteiger partial charge on any atom is -0.309 e. The number of aryl methyl sites for hydroxylation is 4. The van der Waals surface area contributed by atoms with Gasteiger partial charge in [0.2, 0.25) is 0 Å². The zero-order valence-electron chi connectivity index (χ0n) is 35.7. The Kier molecular flexibility index (Phi) is 14.6. The smallest absolute Gasteiger partial charge is 0.0887 e. The van der Waals surface area contributed by atoms with Gasteiger partial charge in [0.1, 0.15) is 0 Å². The molecule has 0 aliphatic rings. The Morgan fingerprint density at radius 2 is 0.814 bits per heavy atom. The fourth-order valence-corrected chi connectivity index (χ4v) is 8.46. The SMILES string of the molecule is CCCCc1ccc(N(c2ccc(CCCC)cc2)c2cccc(N(c3ccc(CCCC)cc3)c3ccc(CCCC)cc3-c3ccc4ccccc4c3)c2Cl)cc1. The molecule has 2 nitrogen and oxygen atoms in total. The summed E-state index contributed by atoms with van der Waals surface area (Å²) in [5.74, 6) is 0. The molecule has 59 heavy (non-hydrogen) atoms. The highest BCUT2D eigenvalue weighted by atomic mass is 35.5. The van der Waals surface area contributed by atoms with Gasteiger partial charge in [0.15, 0.2) is 0 Å². The number of nitrogens with zero attached hydrogens (tertiary/aromatic N) is 2. The second-order valence-electron chi connectivity index (χ2n) is 16.1. The number of unbranched alkanes of at least 4 members (excludes halogenated alkanes) is 4. The molecule has 0 fully saturated rings. The van der Waals surface area contributed by atoms with E-state index in [2.05, 4.69) is 189 Å². The molecule has 7 aromatic rings. The second kappa shape index (κ2) is 20.6. The average Bonchev–Trinajstić information content (AvgIpc) is 3.28. The molecule has 0 atom stereocenters. The number of hydrogen-bond donors (Lipinski definition) is 0. The molecule has 302 valence electrons. The number of benzene rings is 7. The topological polar surface area (TPSA) is 6.48 Å². The number of hydrogen-bond acceptors (Lipinski definition) is 2. The van der Waals surface area contributed by atoms with E-state index in [0.29, 0.717) is 5.02 Å². The lowest BCUT2D eigenvalue weighted by molar-refractivity contribution is 0.795. The van der Waals surface area contributed by atoms with Crippen LogP contribution in [0.25, 0.3) is 21.9 Å². The van der Waals surface area contributed by atoms with Gasteiger partial charge in [-0.3, -0.25) is 0 Å².